The predicted molar refractivity (Wildman–Crippen MR) is 51.6 cm³/mol. The van der Waals surface area contributed by atoms with Crippen molar-refractivity contribution in [3.05, 3.63) is 35.9 Å². The van der Waals surface area contributed by atoms with Crippen LogP contribution in [0.15, 0.2) is 35.4 Å². The van der Waals surface area contributed by atoms with Crippen molar-refractivity contribution < 1.29 is 4.74 Å². The third kappa shape index (κ3) is 1.40. The molecule has 0 amide bonds. The highest BCUT2D eigenvalue weighted by Crippen LogP contribution is 2.25. The Labute approximate surface area is 76.7 Å². The van der Waals surface area contributed by atoms with Gasteiger partial charge in [-0.1, -0.05) is 12.1 Å². The molecule has 0 N–H and O–H groups in total. The third-order valence-electron chi connectivity index (χ3n) is 1.85. The lowest BCUT2D eigenvalue weighted by Crippen LogP contribution is -1.95. The number of rotatable bonds is 2. The fraction of sp³-hybridized carbons (Fsp3) is 0.100. The van der Waals surface area contributed by atoms with Gasteiger partial charge in [0.15, 0.2) is 0 Å². The molecular weight excluding hydrogens is 164 g/mol. The van der Waals surface area contributed by atoms with Crippen LogP contribution in [0.2, 0.25) is 0 Å². The summed E-state index contributed by atoms with van der Waals surface area (Å²) in [6.45, 7) is 0. The standard InChI is InChI=1S/C10H9N2O/c1-13-10-5-3-2-4-8(10)9-6-7-11-12-9/h2-7H,1H3. The quantitative estimate of drug-likeness (QED) is 0.669. The lowest BCUT2D eigenvalue weighted by Gasteiger charge is -2.06. The van der Waals surface area contributed by atoms with Gasteiger partial charge in [0.05, 0.1) is 19.0 Å². The van der Waals surface area contributed by atoms with Crippen molar-refractivity contribution in [3.63, 3.8) is 0 Å². The molecule has 2 rings (SSSR count). The molecule has 1 radical (unpaired) electrons. The fourth-order valence-corrected chi connectivity index (χ4v) is 1.23. The molecule has 1 heterocycles. The second-order valence-electron chi connectivity index (χ2n) is 2.62. The Morgan fingerprint density at radius 1 is 1.23 bits per heavy atom. The van der Waals surface area contributed by atoms with E-state index in [2.05, 4.69) is 10.5 Å². The molecule has 0 aromatic heterocycles. The van der Waals surface area contributed by atoms with Gasteiger partial charge in [0, 0.05) is 5.56 Å². The maximum Gasteiger partial charge on any atom is 0.128 e. The zero-order chi connectivity index (χ0) is 9.10. The minimum absolute atomic E-state index is 0.822. The lowest BCUT2D eigenvalue weighted by atomic mass is 10.1. The van der Waals surface area contributed by atoms with Crippen molar-refractivity contribution in [1.82, 2.24) is 5.43 Å². The summed E-state index contributed by atoms with van der Waals surface area (Å²) in [6.07, 6.45) is 3.53. The number of para-hydroxylation sites is 1. The van der Waals surface area contributed by atoms with E-state index in [-0.39, 0.29) is 0 Å². The monoisotopic (exact) mass is 173 g/mol. The predicted octanol–water partition coefficient (Wildman–Crippen LogP) is 1.64. The summed E-state index contributed by atoms with van der Waals surface area (Å²) >= 11 is 0. The zero-order valence-corrected chi connectivity index (χ0v) is 7.27. The van der Waals surface area contributed by atoms with Crippen LogP contribution < -0.4 is 10.2 Å². The van der Waals surface area contributed by atoms with Crippen molar-refractivity contribution in [2.24, 2.45) is 5.10 Å². The number of hydrogen-bond donors (Lipinski definition) is 0. The van der Waals surface area contributed by atoms with E-state index in [1.807, 2.05) is 30.3 Å². The van der Waals surface area contributed by atoms with Crippen LogP contribution in [-0.4, -0.2) is 13.3 Å². The van der Waals surface area contributed by atoms with Gasteiger partial charge in [-0.25, -0.2) is 0 Å². The highest BCUT2D eigenvalue weighted by molar-refractivity contribution is 5.88. The van der Waals surface area contributed by atoms with E-state index in [1.54, 1.807) is 13.3 Å². The van der Waals surface area contributed by atoms with Crippen molar-refractivity contribution in [3.8, 4) is 5.75 Å². The Morgan fingerprint density at radius 2 is 2.08 bits per heavy atom. The van der Waals surface area contributed by atoms with Crippen LogP contribution in [0.4, 0.5) is 0 Å². The molecule has 65 valence electrons. The molecule has 1 aliphatic rings. The Kier molecular flexibility index (Phi) is 2.00. The maximum atomic E-state index is 5.20. The zero-order valence-electron chi connectivity index (χ0n) is 7.27. The van der Waals surface area contributed by atoms with Crippen LogP contribution in [0.3, 0.4) is 0 Å². The molecule has 0 spiro atoms. The van der Waals surface area contributed by atoms with E-state index in [0.29, 0.717) is 0 Å². The number of nitrogens with zero attached hydrogens (tertiary/aromatic N) is 2. The average Bonchev–Trinajstić information content (AvgIpc) is 2.70. The van der Waals surface area contributed by atoms with E-state index < -0.39 is 0 Å². The first-order valence-corrected chi connectivity index (χ1v) is 3.99. The molecule has 0 fully saturated rings. The van der Waals surface area contributed by atoms with Gasteiger partial charge in [0.2, 0.25) is 0 Å². The van der Waals surface area contributed by atoms with Crippen LogP contribution in [0, 0.1) is 0 Å². The van der Waals surface area contributed by atoms with Crippen molar-refractivity contribution in [2.45, 2.75) is 0 Å². The first kappa shape index (κ1) is 7.86. The number of benzene rings is 1. The third-order valence-corrected chi connectivity index (χ3v) is 1.85. The highest BCUT2D eigenvalue weighted by Gasteiger charge is 2.09. The second-order valence-corrected chi connectivity index (χ2v) is 2.62. The van der Waals surface area contributed by atoms with Gasteiger partial charge in [-0.05, 0) is 18.2 Å². The molecule has 3 heteroatoms. The number of ether oxygens (including phenoxy) is 1. The summed E-state index contributed by atoms with van der Waals surface area (Å²) in [5.74, 6) is 0.822. The normalized spacial score (nSPS) is 13.8. The first-order chi connectivity index (χ1) is 6.42. The Hall–Kier alpha value is -1.77. The molecule has 1 aliphatic heterocycles. The number of hydrogen-bond acceptors (Lipinski definition) is 2. The summed E-state index contributed by atoms with van der Waals surface area (Å²) in [5, 5.41) is 3.77. The van der Waals surface area contributed by atoms with Crippen LogP contribution in [0.1, 0.15) is 5.56 Å². The lowest BCUT2D eigenvalue weighted by molar-refractivity contribution is 0.413. The summed E-state index contributed by atoms with van der Waals surface area (Å²) < 4.78 is 5.20. The molecule has 13 heavy (non-hydrogen) atoms. The van der Waals surface area contributed by atoms with E-state index in [1.165, 1.54) is 0 Å². The van der Waals surface area contributed by atoms with Crippen LogP contribution in [0.25, 0.3) is 5.70 Å². The summed E-state index contributed by atoms with van der Waals surface area (Å²) in [7, 11) is 1.65. The number of methoxy groups -OCH3 is 1. The molecule has 3 nitrogen and oxygen atoms in total. The topological polar surface area (TPSA) is 35.7 Å². The first-order valence-electron chi connectivity index (χ1n) is 3.99. The average molecular weight is 173 g/mol. The number of allylic oxidation sites excluding steroid dienone is 1. The van der Waals surface area contributed by atoms with Crippen LogP contribution in [0.5, 0.6) is 5.75 Å². The van der Waals surface area contributed by atoms with E-state index in [4.69, 9.17) is 4.74 Å². The largest absolute Gasteiger partial charge is 0.496 e. The molecule has 0 aliphatic carbocycles. The molecule has 0 saturated carbocycles. The van der Waals surface area contributed by atoms with E-state index >= 15 is 0 Å². The summed E-state index contributed by atoms with van der Waals surface area (Å²) in [6, 6.07) is 7.75. The van der Waals surface area contributed by atoms with Gasteiger partial charge < -0.3 is 4.74 Å². The van der Waals surface area contributed by atoms with Gasteiger partial charge in [0.1, 0.15) is 5.75 Å². The minimum atomic E-state index is 0.822. The maximum absolute atomic E-state index is 5.20. The molecule has 1 aromatic rings. The van der Waals surface area contributed by atoms with Gasteiger partial charge in [-0.3, -0.25) is 0 Å². The highest BCUT2D eigenvalue weighted by atomic mass is 16.5. The Morgan fingerprint density at radius 3 is 2.77 bits per heavy atom. The molecule has 0 unspecified atom stereocenters. The van der Waals surface area contributed by atoms with E-state index in [9.17, 15) is 0 Å². The minimum Gasteiger partial charge on any atom is -0.496 e. The molecular formula is C10H9N2O. The molecule has 1 aromatic carbocycles. The summed E-state index contributed by atoms with van der Waals surface area (Å²) in [4.78, 5) is 0. The Bertz CT molecular complexity index is 369. The van der Waals surface area contributed by atoms with E-state index in [0.717, 1.165) is 17.0 Å². The van der Waals surface area contributed by atoms with Crippen LogP contribution >= 0.6 is 0 Å². The SMILES string of the molecule is COc1ccccc1C1=CC=N[N]1. The molecule has 0 saturated heterocycles. The Balaban J connectivity index is 2.39. The summed E-state index contributed by atoms with van der Waals surface area (Å²) in [5.41, 5.74) is 5.78. The van der Waals surface area contributed by atoms with Gasteiger partial charge >= 0.3 is 0 Å². The molecule has 0 bridgehead atoms. The molecule has 0 atom stereocenters. The second kappa shape index (κ2) is 3.31. The van der Waals surface area contributed by atoms with Gasteiger partial charge in [0.25, 0.3) is 0 Å². The van der Waals surface area contributed by atoms with Gasteiger partial charge in [-0.2, -0.15) is 10.5 Å². The van der Waals surface area contributed by atoms with Crippen molar-refractivity contribution in [2.75, 3.05) is 7.11 Å². The van der Waals surface area contributed by atoms with Gasteiger partial charge in [-0.15, -0.1) is 0 Å². The van der Waals surface area contributed by atoms with Crippen molar-refractivity contribution in [1.29, 1.82) is 0 Å². The van der Waals surface area contributed by atoms with Crippen molar-refractivity contribution >= 4 is 11.9 Å². The smallest absolute Gasteiger partial charge is 0.128 e. The van der Waals surface area contributed by atoms with Crippen LogP contribution in [-0.2, 0) is 0 Å². The fourth-order valence-electron chi connectivity index (χ4n) is 1.23.